The van der Waals surface area contributed by atoms with E-state index in [2.05, 4.69) is 20.6 Å². The second kappa shape index (κ2) is 6.68. The fourth-order valence-electron chi connectivity index (χ4n) is 3.04. The first-order valence-electron chi connectivity index (χ1n) is 8.62. The Morgan fingerprint density at radius 1 is 1.32 bits per heavy atom. The van der Waals surface area contributed by atoms with Crippen LogP contribution in [0.25, 0.3) is 16.9 Å². The molecule has 25 heavy (non-hydrogen) atoms. The Morgan fingerprint density at radius 3 is 3.04 bits per heavy atom. The first-order valence-corrected chi connectivity index (χ1v) is 8.62. The summed E-state index contributed by atoms with van der Waals surface area (Å²) < 4.78 is 7.74. The van der Waals surface area contributed by atoms with Crippen LogP contribution in [0.3, 0.4) is 0 Å². The molecule has 0 bridgehead atoms. The van der Waals surface area contributed by atoms with Gasteiger partial charge in [0.05, 0.1) is 29.5 Å². The fourth-order valence-corrected chi connectivity index (χ4v) is 3.04. The molecule has 0 aliphatic carbocycles. The highest BCUT2D eigenvalue weighted by atomic mass is 16.5. The molecule has 0 unspecified atom stereocenters. The lowest BCUT2D eigenvalue weighted by Gasteiger charge is -2.13. The molecule has 1 fully saturated rings. The van der Waals surface area contributed by atoms with Gasteiger partial charge in [-0.3, -0.25) is 9.55 Å². The number of rotatable bonds is 5. The first-order chi connectivity index (χ1) is 12.2. The van der Waals surface area contributed by atoms with E-state index in [9.17, 15) is 0 Å². The Morgan fingerprint density at radius 2 is 2.24 bits per heavy atom. The summed E-state index contributed by atoms with van der Waals surface area (Å²) in [6.45, 7) is 6.02. The highest BCUT2D eigenvalue weighted by Gasteiger charge is 2.15. The van der Waals surface area contributed by atoms with Crippen LogP contribution in [0.2, 0.25) is 0 Å². The lowest BCUT2D eigenvalue weighted by atomic mass is 10.2. The molecule has 0 saturated carbocycles. The second-order valence-electron chi connectivity index (χ2n) is 6.53. The first kappa shape index (κ1) is 15.8. The molecular formula is C18H22N6O. The van der Waals surface area contributed by atoms with Gasteiger partial charge in [0, 0.05) is 18.7 Å². The maximum atomic E-state index is 5.80. The maximum absolute atomic E-state index is 5.80. The van der Waals surface area contributed by atoms with E-state index in [0.717, 1.165) is 47.9 Å². The molecule has 7 heteroatoms. The summed E-state index contributed by atoms with van der Waals surface area (Å²) in [6.07, 6.45) is 6.50. The Kier molecular flexibility index (Phi) is 4.23. The van der Waals surface area contributed by atoms with Gasteiger partial charge in [-0.05, 0) is 38.9 Å². The van der Waals surface area contributed by atoms with Crippen molar-refractivity contribution in [1.82, 2.24) is 24.8 Å². The van der Waals surface area contributed by atoms with E-state index in [1.807, 2.05) is 36.6 Å². The zero-order valence-electron chi connectivity index (χ0n) is 14.4. The van der Waals surface area contributed by atoms with Crippen molar-refractivity contribution in [3.8, 4) is 11.6 Å². The predicted octanol–water partition coefficient (Wildman–Crippen LogP) is 2.38. The molecule has 1 atom stereocenters. The highest BCUT2D eigenvalue weighted by Crippen LogP contribution is 2.23. The maximum Gasteiger partial charge on any atom is 0.159 e. The Hall–Kier alpha value is -2.67. The van der Waals surface area contributed by atoms with Gasteiger partial charge in [-0.15, -0.1) is 0 Å². The van der Waals surface area contributed by atoms with Gasteiger partial charge in [0.15, 0.2) is 5.82 Å². The lowest BCUT2D eigenvalue weighted by molar-refractivity contribution is 0.242. The van der Waals surface area contributed by atoms with Crippen molar-refractivity contribution in [2.24, 2.45) is 0 Å². The number of fused-ring (bicyclic) bond motifs is 1. The number of nitrogens with zero attached hydrogens (tertiary/aromatic N) is 4. The van der Waals surface area contributed by atoms with Crippen LogP contribution in [0.5, 0.6) is 5.75 Å². The molecule has 0 radical (unpaired) electrons. The van der Waals surface area contributed by atoms with Crippen molar-refractivity contribution >= 4 is 16.9 Å². The second-order valence-corrected chi connectivity index (χ2v) is 6.53. The van der Waals surface area contributed by atoms with Crippen LogP contribution in [0.1, 0.15) is 20.3 Å². The van der Waals surface area contributed by atoms with Crippen LogP contribution >= 0.6 is 0 Å². The van der Waals surface area contributed by atoms with Crippen molar-refractivity contribution in [3.05, 3.63) is 36.9 Å². The summed E-state index contributed by atoms with van der Waals surface area (Å²) in [5.41, 5.74) is 1.85. The number of nitrogens with one attached hydrogen (secondary N) is 2. The Labute approximate surface area is 146 Å². The average molecular weight is 338 g/mol. The van der Waals surface area contributed by atoms with Gasteiger partial charge in [-0.1, -0.05) is 0 Å². The number of ether oxygens (including phenoxy) is 1. The van der Waals surface area contributed by atoms with Crippen molar-refractivity contribution in [2.75, 3.05) is 18.4 Å². The van der Waals surface area contributed by atoms with Gasteiger partial charge >= 0.3 is 0 Å². The summed E-state index contributed by atoms with van der Waals surface area (Å²) >= 11 is 0. The zero-order valence-corrected chi connectivity index (χ0v) is 14.4. The molecule has 0 spiro atoms. The topological polar surface area (TPSA) is 76.9 Å². The molecule has 130 valence electrons. The van der Waals surface area contributed by atoms with Crippen LogP contribution in [-0.2, 0) is 0 Å². The minimum atomic E-state index is 0.126. The molecule has 3 aromatic rings. The van der Waals surface area contributed by atoms with E-state index in [0.29, 0.717) is 6.04 Å². The van der Waals surface area contributed by atoms with E-state index >= 15 is 0 Å². The van der Waals surface area contributed by atoms with Crippen molar-refractivity contribution in [1.29, 1.82) is 0 Å². The van der Waals surface area contributed by atoms with Crippen molar-refractivity contribution in [3.63, 3.8) is 0 Å². The molecule has 3 heterocycles. The third-order valence-electron chi connectivity index (χ3n) is 4.17. The van der Waals surface area contributed by atoms with Gasteiger partial charge < -0.3 is 15.4 Å². The Bertz CT molecular complexity index is 869. The largest absolute Gasteiger partial charge is 0.491 e. The van der Waals surface area contributed by atoms with Crippen molar-refractivity contribution in [2.45, 2.75) is 32.4 Å². The minimum absolute atomic E-state index is 0.126. The van der Waals surface area contributed by atoms with Gasteiger partial charge in [0.1, 0.15) is 17.9 Å². The monoisotopic (exact) mass is 338 g/mol. The SMILES string of the molecule is CC(C)Oc1ccc2ncn(-c3cncc(N[C@@H]4CCNC4)n3)c2c1. The fraction of sp³-hybridized carbons (Fsp3) is 0.389. The average Bonchev–Trinajstić information content (AvgIpc) is 3.24. The van der Waals surface area contributed by atoms with Crippen molar-refractivity contribution < 1.29 is 4.74 Å². The van der Waals surface area contributed by atoms with E-state index < -0.39 is 0 Å². The molecule has 2 aromatic heterocycles. The van der Waals surface area contributed by atoms with E-state index in [1.165, 1.54) is 0 Å². The number of benzene rings is 1. The molecule has 7 nitrogen and oxygen atoms in total. The van der Waals surface area contributed by atoms with Crippen LogP contribution in [0.4, 0.5) is 5.82 Å². The molecule has 0 amide bonds. The number of imidazole rings is 1. The number of hydrogen-bond donors (Lipinski definition) is 2. The van der Waals surface area contributed by atoms with E-state index in [1.54, 1.807) is 18.7 Å². The van der Waals surface area contributed by atoms with Gasteiger partial charge in [0.25, 0.3) is 0 Å². The lowest BCUT2D eigenvalue weighted by Crippen LogP contribution is -2.23. The minimum Gasteiger partial charge on any atom is -0.491 e. The molecule has 1 aliphatic rings. The molecule has 1 aromatic carbocycles. The van der Waals surface area contributed by atoms with Crippen LogP contribution in [0, 0.1) is 0 Å². The molecule has 1 saturated heterocycles. The standard InChI is InChI=1S/C18H22N6O/c1-12(2)25-14-3-4-15-16(7-14)24(11-21-15)18-10-20-9-17(23-18)22-13-5-6-19-8-13/h3-4,7,9-13,19H,5-6,8H2,1-2H3,(H,22,23)/t13-/m1/s1. The van der Waals surface area contributed by atoms with Gasteiger partial charge in [-0.2, -0.15) is 0 Å². The molecule has 1 aliphatic heterocycles. The third kappa shape index (κ3) is 3.41. The molecular weight excluding hydrogens is 316 g/mol. The highest BCUT2D eigenvalue weighted by molar-refractivity contribution is 5.78. The smallest absolute Gasteiger partial charge is 0.159 e. The van der Waals surface area contributed by atoms with Gasteiger partial charge in [-0.25, -0.2) is 9.97 Å². The quantitative estimate of drug-likeness (QED) is 0.744. The summed E-state index contributed by atoms with van der Waals surface area (Å²) in [5.74, 6) is 2.34. The van der Waals surface area contributed by atoms with Crippen LogP contribution in [0.15, 0.2) is 36.9 Å². The molecule has 2 N–H and O–H groups in total. The number of anilines is 1. The number of aromatic nitrogens is 4. The van der Waals surface area contributed by atoms with Gasteiger partial charge in [0.2, 0.25) is 0 Å². The van der Waals surface area contributed by atoms with E-state index in [4.69, 9.17) is 9.72 Å². The normalized spacial score (nSPS) is 17.3. The Balaban J connectivity index is 1.66. The zero-order chi connectivity index (χ0) is 17.2. The van der Waals surface area contributed by atoms with E-state index in [-0.39, 0.29) is 6.10 Å². The van der Waals surface area contributed by atoms with Crippen LogP contribution in [-0.4, -0.2) is 44.8 Å². The summed E-state index contributed by atoms with van der Waals surface area (Å²) in [5, 5.41) is 6.78. The summed E-state index contributed by atoms with van der Waals surface area (Å²) in [7, 11) is 0. The summed E-state index contributed by atoms with van der Waals surface area (Å²) in [4.78, 5) is 13.5. The van der Waals surface area contributed by atoms with Crippen LogP contribution < -0.4 is 15.4 Å². The third-order valence-corrected chi connectivity index (χ3v) is 4.17. The predicted molar refractivity (Wildman–Crippen MR) is 97.3 cm³/mol. The molecule has 4 rings (SSSR count). The number of hydrogen-bond acceptors (Lipinski definition) is 6. The summed E-state index contributed by atoms with van der Waals surface area (Å²) in [6, 6.07) is 6.29.